The van der Waals surface area contributed by atoms with Crippen molar-refractivity contribution in [2.45, 2.75) is 18.1 Å². The van der Waals surface area contributed by atoms with E-state index in [-0.39, 0.29) is 16.2 Å². The van der Waals surface area contributed by atoms with Crippen molar-refractivity contribution in [1.29, 1.82) is 0 Å². The third kappa shape index (κ3) is 6.07. The number of benzene rings is 2. The number of carbonyl (C=O) groups is 1. The Morgan fingerprint density at radius 2 is 1.81 bits per heavy atom. The first-order valence-electron chi connectivity index (χ1n) is 8.63. The third-order valence-electron chi connectivity index (χ3n) is 4.04. The van der Waals surface area contributed by atoms with Crippen LogP contribution in [-0.4, -0.2) is 50.9 Å². The lowest BCUT2D eigenvalue weighted by molar-refractivity contribution is -0.386. The summed E-state index contributed by atoms with van der Waals surface area (Å²) in [6.07, 6.45) is 0. The van der Waals surface area contributed by atoms with Crippen molar-refractivity contribution in [2.24, 2.45) is 0 Å². The summed E-state index contributed by atoms with van der Waals surface area (Å²) in [6, 6.07) is 5.59. The van der Waals surface area contributed by atoms with Crippen molar-refractivity contribution in [2.75, 3.05) is 20.7 Å². The normalized spacial score (nSPS) is 11.5. The molecule has 0 bridgehead atoms. The maximum atomic E-state index is 13.0. The highest BCUT2D eigenvalue weighted by molar-refractivity contribution is 7.89. The number of hydrogen-bond donors (Lipinski definition) is 0. The molecule has 10 nitrogen and oxygen atoms in total. The quantitative estimate of drug-likeness (QED) is 0.290. The zero-order valence-corrected chi connectivity index (χ0v) is 17.5. The van der Waals surface area contributed by atoms with Gasteiger partial charge in [0.2, 0.25) is 10.0 Å². The monoisotopic (exact) mass is 478 g/mol. The van der Waals surface area contributed by atoms with Gasteiger partial charge in [0.1, 0.15) is 19.0 Å². The Morgan fingerprint density at radius 3 is 2.34 bits per heavy atom. The van der Waals surface area contributed by atoms with Crippen LogP contribution in [0.1, 0.15) is 5.56 Å². The first-order valence-corrected chi connectivity index (χ1v) is 10.1. The van der Waals surface area contributed by atoms with Gasteiger partial charge in [-0.1, -0.05) is 0 Å². The summed E-state index contributed by atoms with van der Waals surface area (Å²) in [5.74, 6) is -2.56. The Bertz CT molecular complexity index is 1090. The molecule has 0 fully saturated rings. The lowest BCUT2D eigenvalue weighted by Crippen LogP contribution is -2.33. The minimum absolute atomic E-state index is 0.203. The number of ether oxygens (including phenoxy) is 3. The van der Waals surface area contributed by atoms with Gasteiger partial charge in [-0.3, -0.25) is 14.9 Å². The van der Waals surface area contributed by atoms with Crippen LogP contribution in [0, 0.1) is 15.9 Å². The zero-order chi connectivity index (χ0) is 24.1. The van der Waals surface area contributed by atoms with Crippen LogP contribution in [0.2, 0.25) is 0 Å². The fraction of sp³-hybridized carbons (Fsp3) is 0.278. The molecule has 0 heterocycles. The Balaban J connectivity index is 2.14. The molecule has 0 saturated heterocycles. The molecule has 0 atom stereocenters. The van der Waals surface area contributed by atoms with E-state index >= 15 is 0 Å². The van der Waals surface area contributed by atoms with Crippen molar-refractivity contribution in [3.8, 4) is 11.5 Å². The molecule has 2 aromatic rings. The fourth-order valence-electron chi connectivity index (χ4n) is 2.48. The van der Waals surface area contributed by atoms with Crippen molar-refractivity contribution < 1.29 is 45.5 Å². The molecule has 0 aliphatic heterocycles. The highest BCUT2D eigenvalue weighted by atomic mass is 32.2. The molecule has 0 amide bonds. The van der Waals surface area contributed by atoms with Gasteiger partial charge in [0.15, 0.2) is 11.5 Å². The second-order valence-electron chi connectivity index (χ2n) is 6.14. The number of methoxy groups -OCH3 is 1. The molecule has 14 heteroatoms. The van der Waals surface area contributed by atoms with E-state index in [4.69, 9.17) is 9.47 Å². The summed E-state index contributed by atoms with van der Waals surface area (Å²) >= 11 is 0. The summed E-state index contributed by atoms with van der Waals surface area (Å²) in [4.78, 5) is 22.2. The maximum Gasteiger partial charge on any atom is 0.387 e. The predicted molar refractivity (Wildman–Crippen MR) is 102 cm³/mol. The van der Waals surface area contributed by atoms with E-state index < -0.39 is 57.9 Å². The number of nitrogens with zero attached hydrogens (tertiary/aromatic N) is 2. The molecule has 0 radical (unpaired) electrons. The number of sulfonamides is 1. The Labute approximate surface area is 180 Å². The number of likely N-dealkylation sites (N-methyl/N-ethyl adjacent to an activating group) is 1. The number of nitro groups is 1. The zero-order valence-electron chi connectivity index (χ0n) is 16.7. The van der Waals surface area contributed by atoms with Crippen molar-refractivity contribution in [3.05, 3.63) is 57.9 Å². The number of esters is 1. The average molecular weight is 478 g/mol. The second kappa shape index (κ2) is 10.3. The van der Waals surface area contributed by atoms with Crippen LogP contribution in [0.3, 0.4) is 0 Å². The van der Waals surface area contributed by atoms with Crippen LogP contribution in [0.5, 0.6) is 11.5 Å². The third-order valence-corrected chi connectivity index (χ3v) is 5.86. The topological polar surface area (TPSA) is 125 Å². The summed E-state index contributed by atoms with van der Waals surface area (Å²) in [5, 5.41) is 11.3. The lowest BCUT2D eigenvalue weighted by Gasteiger charge is -2.17. The number of alkyl halides is 2. The number of halogens is 3. The van der Waals surface area contributed by atoms with E-state index in [0.717, 1.165) is 44.5 Å². The first-order chi connectivity index (χ1) is 14.9. The van der Waals surface area contributed by atoms with Crippen molar-refractivity contribution in [1.82, 2.24) is 4.31 Å². The molecule has 2 rings (SSSR count). The van der Waals surface area contributed by atoms with Crippen molar-refractivity contribution >= 4 is 21.7 Å². The predicted octanol–water partition coefficient (Wildman–Crippen LogP) is 2.71. The summed E-state index contributed by atoms with van der Waals surface area (Å²) in [7, 11) is -1.93. The van der Waals surface area contributed by atoms with E-state index in [1.54, 1.807) is 0 Å². The molecule has 0 aliphatic carbocycles. The minimum atomic E-state index is -4.13. The van der Waals surface area contributed by atoms with E-state index in [1.165, 1.54) is 0 Å². The molecular formula is C18H17F3N2O8S. The minimum Gasteiger partial charge on any atom is -0.493 e. The summed E-state index contributed by atoms with van der Waals surface area (Å²) < 4.78 is 77.4. The van der Waals surface area contributed by atoms with Gasteiger partial charge < -0.3 is 14.2 Å². The van der Waals surface area contributed by atoms with Gasteiger partial charge in [-0.05, 0) is 30.3 Å². The van der Waals surface area contributed by atoms with Crippen LogP contribution >= 0.6 is 0 Å². The first kappa shape index (κ1) is 24.9. The van der Waals surface area contributed by atoms with E-state index in [9.17, 15) is 36.5 Å². The Kier molecular flexibility index (Phi) is 7.99. The number of carbonyl (C=O) groups excluding carboxylic acids is 1. The number of nitro benzene ring substituents is 1. The second-order valence-corrected chi connectivity index (χ2v) is 8.19. The van der Waals surface area contributed by atoms with Gasteiger partial charge in [-0.2, -0.15) is 13.1 Å². The van der Waals surface area contributed by atoms with Gasteiger partial charge in [-0.25, -0.2) is 12.8 Å². The number of rotatable bonds is 10. The molecule has 2 aromatic carbocycles. The highest BCUT2D eigenvalue weighted by Gasteiger charge is 2.26. The number of hydrogen-bond acceptors (Lipinski definition) is 8. The molecule has 0 saturated carbocycles. The summed E-state index contributed by atoms with van der Waals surface area (Å²) in [6.45, 7) is -4.69. The van der Waals surface area contributed by atoms with E-state index in [1.807, 2.05) is 0 Å². The SMILES string of the molecule is COc1cc(COC(=O)CN(C)S(=O)(=O)c2ccc(F)cc2)c([N+](=O)[O-])cc1OC(F)F. The van der Waals surface area contributed by atoms with E-state index in [0.29, 0.717) is 10.4 Å². The standard InChI is InChI=1S/C18H17F3N2O8S/c1-22(32(27,28)13-5-3-12(19)4-6-13)9-17(24)30-10-11-7-15(29-2)16(31-18(20)21)8-14(11)23(25)26/h3-8,18H,9-10H2,1-2H3. The Hall–Kier alpha value is -3.39. The molecule has 174 valence electrons. The molecular weight excluding hydrogens is 461 g/mol. The van der Waals surface area contributed by atoms with Crippen LogP contribution in [0.15, 0.2) is 41.3 Å². The van der Waals surface area contributed by atoms with Gasteiger partial charge in [-0.15, -0.1) is 0 Å². The van der Waals surface area contributed by atoms with Gasteiger partial charge in [0.05, 0.1) is 28.6 Å². The smallest absolute Gasteiger partial charge is 0.387 e. The Morgan fingerprint density at radius 1 is 1.19 bits per heavy atom. The average Bonchev–Trinajstić information content (AvgIpc) is 2.72. The largest absolute Gasteiger partial charge is 0.493 e. The molecule has 0 N–H and O–H groups in total. The van der Waals surface area contributed by atoms with Gasteiger partial charge in [0.25, 0.3) is 5.69 Å². The fourth-order valence-corrected chi connectivity index (χ4v) is 3.60. The van der Waals surface area contributed by atoms with E-state index in [2.05, 4.69) is 4.74 Å². The van der Waals surface area contributed by atoms with Gasteiger partial charge >= 0.3 is 12.6 Å². The molecule has 0 aromatic heterocycles. The van der Waals surface area contributed by atoms with Crippen LogP contribution < -0.4 is 9.47 Å². The molecule has 0 spiro atoms. The highest BCUT2D eigenvalue weighted by Crippen LogP contribution is 2.36. The van der Waals surface area contributed by atoms with Crippen LogP contribution in [0.25, 0.3) is 0 Å². The van der Waals surface area contributed by atoms with Crippen molar-refractivity contribution in [3.63, 3.8) is 0 Å². The molecule has 0 unspecified atom stereocenters. The molecule has 32 heavy (non-hydrogen) atoms. The lowest BCUT2D eigenvalue weighted by atomic mass is 10.1. The maximum absolute atomic E-state index is 13.0. The van der Waals surface area contributed by atoms with Crippen LogP contribution in [-0.2, 0) is 26.2 Å². The van der Waals surface area contributed by atoms with Crippen LogP contribution in [0.4, 0.5) is 18.9 Å². The molecule has 0 aliphatic rings. The van der Waals surface area contributed by atoms with Gasteiger partial charge in [0, 0.05) is 7.05 Å². The summed E-state index contributed by atoms with van der Waals surface area (Å²) in [5.41, 5.74) is -0.882.